The fourth-order valence-corrected chi connectivity index (χ4v) is 6.33. The molecule has 0 radical (unpaired) electrons. The van der Waals surface area contributed by atoms with Crippen LogP contribution in [0, 0.1) is 17.8 Å². The van der Waals surface area contributed by atoms with E-state index in [-0.39, 0.29) is 5.41 Å². The quantitative estimate of drug-likeness (QED) is 0.914. The van der Waals surface area contributed by atoms with E-state index in [0.717, 1.165) is 23.3 Å². The van der Waals surface area contributed by atoms with Gasteiger partial charge in [0.1, 0.15) is 5.82 Å². The highest BCUT2D eigenvalue weighted by molar-refractivity contribution is 5.89. The van der Waals surface area contributed by atoms with Gasteiger partial charge in [0.05, 0.1) is 5.56 Å². The second kappa shape index (κ2) is 5.45. The zero-order valence-corrected chi connectivity index (χ0v) is 14.4. The van der Waals surface area contributed by atoms with Gasteiger partial charge in [-0.2, -0.15) is 0 Å². The molecule has 4 aliphatic rings. The smallest absolute Gasteiger partial charge is 0.336 e. The number of carboxylic acids is 1. The zero-order chi connectivity index (χ0) is 17.0. The first-order chi connectivity index (χ1) is 12.1. The van der Waals surface area contributed by atoms with E-state index in [9.17, 15) is 9.90 Å². The molecule has 4 fully saturated rings. The van der Waals surface area contributed by atoms with E-state index in [0.29, 0.717) is 12.1 Å². The lowest BCUT2D eigenvalue weighted by molar-refractivity contribution is -0.0108. The Kier molecular flexibility index (Phi) is 3.31. The van der Waals surface area contributed by atoms with Gasteiger partial charge in [-0.1, -0.05) is 18.2 Å². The van der Waals surface area contributed by atoms with Crippen LogP contribution in [0.1, 0.15) is 60.3 Å². The first kappa shape index (κ1) is 15.2. The monoisotopic (exact) mass is 336 g/mol. The normalized spacial score (nSPS) is 32.9. The Morgan fingerprint density at radius 3 is 2.40 bits per heavy atom. The maximum atomic E-state index is 11.5. The van der Waals surface area contributed by atoms with Crippen molar-refractivity contribution in [3.63, 3.8) is 0 Å². The van der Waals surface area contributed by atoms with E-state index in [4.69, 9.17) is 4.98 Å². The van der Waals surface area contributed by atoms with Gasteiger partial charge in [0, 0.05) is 24.4 Å². The van der Waals surface area contributed by atoms with Crippen LogP contribution in [0.4, 0.5) is 0 Å². The summed E-state index contributed by atoms with van der Waals surface area (Å²) >= 11 is 0. The van der Waals surface area contributed by atoms with Crippen LogP contribution in [0.3, 0.4) is 0 Å². The van der Waals surface area contributed by atoms with Gasteiger partial charge in [0.2, 0.25) is 0 Å². The molecule has 6 rings (SSSR count). The largest absolute Gasteiger partial charge is 0.478 e. The minimum absolute atomic E-state index is 0.233. The van der Waals surface area contributed by atoms with Gasteiger partial charge >= 0.3 is 5.97 Å². The number of rotatable bonds is 4. The van der Waals surface area contributed by atoms with Crippen molar-refractivity contribution < 1.29 is 9.90 Å². The molecule has 1 N–H and O–H groups in total. The highest BCUT2D eigenvalue weighted by Gasteiger charge is 2.53. The Labute approximate surface area is 147 Å². The number of imidazole rings is 1. The highest BCUT2D eigenvalue weighted by atomic mass is 16.4. The molecule has 4 aliphatic carbocycles. The van der Waals surface area contributed by atoms with Crippen LogP contribution in [0.5, 0.6) is 0 Å². The summed E-state index contributed by atoms with van der Waals surface area (Å²) in [5.74, 6) is 2.98. The Morgan fingerprint density at radius 1 is 1.12 bits per heavy atom. The molecule has 1 aromatic carbocycles. The third kappa shape index (κ3) is 2.42. The highest BCUT2D eigenvalue weighted by Crippen LogP contribution is 2.60. The fraction of sp³-hybridized carbons (Fsp3) is 0.524. The molecule has 4 bridgehead atoms. The molecule has 1 heterocycles. The predicted octanol–water partition coefficient (Wildman–Crippen LogP) is 4.10. The number of hydrogen-bond donors (Lipinski definition) is 1. The molecule has 0 spiro atoms. The van der Waals surface area contributed by atoms with Crippen molar-refractivity contribution in [2.24, 2.45) is 17.8 Å². The predicted molar refractivity (Wildman–Crippen MR) is 94.6 cm³/mol. The number of carboxylic acid groups (broad SMARTS) is 1. The molecule has 4 nitrogen and oxygen atoms in total. The van der Waals surface area contributed by atoms with Gasteiger partial charge in [0.15, 0.2) is 0 Å². The van der Waals surface area contributed by atoms with Gasteiger partial charge in [-0.15, -0.1) is 0 Å². The Balaban J connectivity index is 1.50. The zero-order valence-electron chi connectivity index (χ0n) is 14.4. The summed E-state index contributed by atoms with van der Waals surface area (Å²) in [6.45, 7) is 0.597. The second-order valence-corrected chi connectivity index (χ2v) is 8.54. The van der Waals surface area contributed by atoms with Crippen LogP contribution >= 0.6 is 0 Å². The molecule has 0 atom stereocenters. The van der Waals surface area contributed by atoms with Gasteiger partial charge in [0.25, 0.3) is 0 Å². The van der Waals surface area contributed by atoms with Crippen LogP contribution in [0.2, 0.25) is 0 Å². The first-order valence-electron chi connectivity index (χ1n) is 9.46. The number of benzene rings is 1. The summed E-state index contributed by atoms with van der Waals surface area (Å²) in [7, 11) is 0. The number of aromatic nitrogens is 2. The van der Waals surface area contributed by atoms with E-state index >= 15 is 0 Å². The van der Waals surface area contributed by atoms with Gasteiger partial charge in [-0.05, 0) is 67.9 Å². The van der Waals surface area contributed by atoms with E-state index in [1.54, 1.807) is 12.1 Å². The third-order valence-corrected chi connectivity index (χ3v) is 6.82. The van der Waals surface area contributed by atoms with Crippen LogP contribution in [-0.2, 0) is 12.0 Å². The summed E-state index contributed by atoms with van der Waals surface area (Å²) in [4.78, 5) is 16.3. The topological polar surface area (TPSA) is 55.1 Å². The van der Waals surface area contributed by atoms with Gasteiger partial charge in [-0.25, -0.2) is 9.78 Å². The summed E-state index contributed by atoms with van der Waals surface area (Å²) in [6.07, 6.45) is 12.0. The SMILES string of the molecule is O=C(O)c1ccccc1Cn1ccnc1C12CC3CC(CC(C3)C1)C2. The van der Waals surface area contributed by atoms with E-state index in [1.165, 1.54) is 44.3 Å². The Morgan fingerprint density at radius 2 is 1.76 bits per heavy atom. The average Bonchev–Trinajstić information content (AvgIpc) is 3.03. The molecular formula is C21H24N2O2. The fourth-order valence-electron chi connectivity index (χ4n) is 6.33. The standard InChI is InChI=1S/C21H24N2O2/c24-19(25)18-4-2-1-3-17(18)13-23-6-5-22-20(23)21-10-14-7-15(11-21)9-16(8-14)12-21/h1-6,14-16H,7-13H2,(H,24,25). The van der Waals surface area contributed by atoms with Crippen LogP contribution in [-0.4, -0.2) is 20.6 Å². The third-order valence-electron chi connectivity index (χ3n) is 6.82. The minimum atomic E-state index is -0.855. The van der Waals surface area contributed by atoms with E-state index < -0.39 is 5.97 Å². The lowest BCUT2D eigenvalue weighted by Gasteiger charge is -2.56. The molecular weight excluding hydrogens is 312 g/mol. The van der Waals surface area contributed by atoms with Crippen molar-refractivity contribution in [3.8, 4) is 0 Å². The number of aromatic carboxylic acids is 1. The van der Waals surface area contributed by atoms with Crippen molar-refractivity contribution >= 4 is 5.97 Å². The molecule has 25 heavy (non-hydrogen) atoms. The van der Waals surface area contributed by atoms with E-state index in [1.807, 2.05) is 24.5 Å². The summed E-state index contributed by atoms with van der Waals surface area (Å²) < 4.78 is 2.22. The second-order valence-electron chi connectivity index (χ2n) is 8.54. The van der Waals surface area contributed by atoms with Crippen molar-refractivity contribution in [3.05, 3.63) is 53.6 Å². The first-order valence-corrected chi connectivity index (χ1v) is 9.46. The lowest BCUT2D eigenvalue weighted by Crippen LogP contribution is -2.49. The van der Waals surface area contributed by atoms with Crippen LogP contribution < -0.4 is 0 Å². The molecule has 0 aliphatic heterocycles. The average molecular weight is 336 g/mol. The summed E-state index contributed by atoms with van der Waals surface area (Å²) in [5, 5.41) is 9.47. The molecule has 0 amide bonds. The molecule has 0 saturated heterocycles. The maximum Gasteiger partial charge on any atom is 0.336 e. The van der Waals surface area contributed by atoms with Gasteiger partial charge < -0.3 is 9.67 Å². The minimum Gasteiger partial charge on any atom is -0.478 e. The lowest BCUT2D eigenvalue weighted by atomic mass is 9.49. The van der Waals surface area contributed by atoms with E-state index in [2.05, 4.69) is 4.57 Å². The van der Waals surface area contributed by atoms with Crippen molar-refractivity contribution in [2.45, 2.75) is 50.5 Å². The summed E-state index contributed by atoms with van der Waals surface area (Å²) in [6, 6.07) is 7.33. The van der Waals surface area contributed by atoms with Crippen molar-refractivity contribution in [2.75, 3.05) is 0 Å². The van der Waals surface area contributed by atoms with Gasteiger partial charge in [-0.3, -0.25) is 0 Å². The number of nitrogens with zero attached hydrogens (tertiary/aromatic N) is 2. The Bertz CT molecular complexity index is 788. The Hall–Kier alpha value is -2.10. The summed E-state index contributed by atoms with van der Waals surface area (Å²) in [5.41, 5.74) is 1.49. The maximum absolute atomic E-state index is 11.5. The van der Waals surface area contributed by atoms with Crippen molar-refractivity contribution in [1.29, 1.82) is 0 Å². The molecule has 130 valence electrons. The molecule has 0 unspecified atom stereocenters. The molecule has 2 aromatic rings. The van der Waals surface area contributed by atoms with Crippen LogP contribution in [0.25, 0.3) is 0 Å². The van der Waals surface area contributed by atoms with Crippen molar-refractivity contribution in [1.82, 2.24) is 9.55 Å². The molecule has 4 heteroatoms. The number of carbonyl (C=O) groups is 1. The van der Waals surface area contributed by atoms with Crippen LogP contribution in [0.15, 0.2) is 36.7 Å². The number of hydrogen-bond acceptors (Lipinski definition) is 2. The molecule has 4 saturated carbocycles. The molecule has 1 aromatic heterocycles.